The monoisotopic (exact) mass is 456 g/mol. The molecule has 9 nitrogen and oxygen atoms in total. The number of azo groups is 1. The number of hydrogen-bond donors (Lipinski definition) is 3. The van der Waals surface area contributed by atoms with Crippen molar-refractivity contribution in [3.63, 3.8) is 0 Å². The number of benzene rings is 3. The lowest BCUT2D eigenvalue weighted by atomic mass is 10.1. The average molecular weight is 457 g/mol. The Morgan fingerprint density at radius 3 is 2.14 bits per heavy atom. The summed E-state index contributed by atoms with van der Waals surface area (Å²) in [6.45, 7) is 1.57. The lowest BCUT2D eigenvalue weighted by Crippen LogP contribution is -1.99. The van der Waals surface area contributed by atoms with Gasteiger partial charge in [0.05, 0.1) is 0 Å². The fourth-order valence-corrected chi connectivity index (χ4v) is 4.10. The topological polar surface area (TPSA) is 154 Å². The molecule has 3 N–H and O–H groups in total. The Morgan fingerprint density at radius 2 is 1.52 bits per heavy atom. The van der Waals surface area contributed by atoms with E-state index < -0.39 is 35.8 Å². The van der Waals surface area contributed by atoms with Gasteiger partial charge in [0.1, 0.15) is 21.2 Å². The third kappa shape index (κ3) is 4.23. The van der Waals surface area contributed by atoms with Gasteiger partial charge in [-0.05, 0) is 36.1 Å². The minimum atomic E-state index is -4.78. The normalized spacial score (nSPS) is 12.7. The minimum Gasteiger partial charge on any atom is -0.504 e. The standard InChI is InChI=1S/C17H13ClN2O7S2/c1-9-6-13(14(8-12(9)18)28(22,23)24)19-20-16-11-5-3-2-4-10(11)7-15(17(16)21)29(25,26)27/h2-8,21H,1H3,(H,22,23,24)(H,25,26,27). The molecule has 0 aromatic heterocycles. The molecule has 0 aliphatic carbocycles. The van der Waals surface area contributed by atoms with Crippen molar-refractivity contribution in [2.24, 2.45) is 10.2 Å². The Balaban J connectivity index is 2.31. The zero-order valence-corrected chi connectivity index (χ0v) is 17.0. The van der Waals surface area contributed by atoms with Crippen LogP contribution in [0.3, 0.4) is 0 Å². The first-order valence-electron chi connectivity index (χ1n) is 7.81. The van der Waals surface area contributed by atoms with E-state index in [0.717, 1.165) is 12.1 Å². The van der Waals surface area contributed by atoms with Crippen molar-refractivity contribution in [1.82, 2.24) is 0 Å². The fraction of sp³-hybridized carbons (Fsp3) is 0.0588. The summed E-state index contributed by atoms with van der Waals surface area (Å²) >= 11 is 5.90. The molecule has 12 heteroatoms. The number of nitrogens with zero attached hydrogens (tertiary/aromatic N) is 2. The minimum absolute atomic E-state index is 0.0678. The molecule has 0 fully saturated rings. The van der Waals surface area contributed by atoms with Gasteiger partial charge in [0.25, 0.3) is 20.2 Å². The molecular weight excluding hydrogens is 444 g/mol. The molecule has 0 saturated carbocycles. The number of aromatic hydroxyl groups is 1. The van der Waals surface area contributed by atoms with Gasteiger partial charge in [-0.2, -0.15) is 16.8 Å². The van der Waals surface area contributed by atoms with E-state index in [-0.39, 0.29) is 16.4 Å². The van der Waals surface area contributed by atoms with Gasteiger partial charge in [-0.25, -0.2) is 0 Å². The molecule has 3 aromatic rings. The molecule has 0 aliphatic heterocycles. The van der Waals surface area contributed by atoms with Gasteiger partial charge in [-0.3, -0.25) is 9.11 Å². The van der Waals surface area contributed by atoms with Gasteiger partial charge in [-0.1, -0.05) is 35.9 Å². The summed E-state index contributed by atoms with van der Waals surface area (Å²) < 4.78 is 65.2. The van der Waals surface area contributed by atoms with E-state index in [4.69, 9.17) is 11.6 Å². The number of phenols is 1. The highest BCUT2D eigenvalue weighted by molar-refractivity contribution is 7.86. The van der Waals surface area contributed by atoms with Crippen LogP contribution in [0.4, 0.5) is 11.4 Å². The summed E-state index contributed by atoms with van der Waals surface area (Å²) in [5, 5.41) is 18.6. The van der Waals surface area contributed by atoms with Crippen LogP contribution in [-0.4, -0.2) is 31.0 Å². The Labute approximate surface area is 170 Å². The zero-order valence-electron chi connectivity index (χ0n) is 14.6. The molecule has 29 heavy (non-hydrogen) atoms. The summed E-state index contributed by atoms with van der Waals surface area (Å²) in [7, 11) is -9.48. The van der Waals surface area contributed by atoms with E-state index in [1.807, 2.05) is 0 Å². The van der Waals surface area contributed by atoms with Gasteiger partial charge in [0.15, 0.2) is 5.75 Å². The van der Waals surface area contributed by atoms with Gasteiger partial charge >= 0.3 is 0 Å². The molecule has 0 bridgehead atoms. The SMILES string of the molecule is Cc1cc(N=Nc2c(O)c(S(=O)(=O)O)cc3ccccc23)c(S(=O)(=O)O)cc1Cl. The Morgan fingerprint density at radius 1 is 0.897 bits per heavy atom. The third-order valence-electron chi connectivity index (χ3n) is 4.01. The number of fused-ring (bicyclic) bond motifs is 1. The predicted molar refractivity (Wildman–Crippen MR) is 106 cm³/mol. The van der Waals surface area contributed by atoms with Crippen molar-refractivity contribution < 1.29 is 31.0 Å². The number of hydrogen-bond acceptors (Lipinski definition) is 7. The second-order valence-corrected chi connectivity index (χ2v) is 9.20. The van der Waals surface area contributed by atoms with Crippen molar-refractivity contribution in [2.45, 2.75) is 16.7 Å². The van der Waals surface area contributed by atoms with Gasteiger partial charge in [0, 0.05) is 10.4 Å². The molecule has 0 radical (unpaired) electrons. The van der Waals surface area contributed by atoms with E-state index in [9.17, 15) is 31.0 Å². The Bertz CT molecular complexity index is 1380. The van der Waals surface area contributed by atoms with E-state index in [1.54, 1.807) is 19.1 Å². The highest BCUT2D eigenvalue weighted by atomic mass is 35.5. The molecular formula is C17H13ClN2O7S2. The maximum atomic E-state index is 11.6. The highest BCUT2D eigenvalue weighted by Crippen LogP contribution is 2.42. The van der Waals surface area contributed by atoms with Crippen molar-refractivity contribution in [2.75, 3.05) is 0 Å². The summed E-state index contributed by atoms with van der Waals surface area (Å²) in [6.07, 6.45) is 0. The maximum Gasteiger partial charge on any atom is 0.298 e. The number of rotatable bonds is 4. The molecule has 0 spiro atoms. The maximum absolute atomic E-state index is 11.6. The first-order chi connectivity index (χ1) is 13.4. The lowest BCUT2D eigenvalue weighted by molar-refractivity contribution is 0.445. The molecule has 0 saturated heterocycles. The van der Waals surface area contributed by atoms with Gasteiger partial charge in [-0.15, -0.1) is 10.2 Å². The molecule has 0 heterocycles. The molecule has 3 rings (SSSR count). The second kappa shape index (κ2) is 7.35. The van der Waals surface area contributed by atoms with Crippen molar-refractivity contribution in [3.8, 4) is 5.75 Å². The summed E-state index contributed by atoms with van der Waals surface area (Å²) in [5.41, 5.74) is -0.159. The highest BCUT2D eigenvalue weighted by Gasteiger charge is 2.22. The summed E-state index contributed by atoms with van der Waals surface area (Å²) in [6, 6.07) is 9.56. The zero-order chi connectivity index (χ0) is 21.6. The van der Waals surface area contributed by atoms with Crippen molar-refractivity contribution >= 4 is 54.0 Å². The molecule has 0 amide bonds. The number of halogens is 1. The van der Waals surface area contributed by atoms with E-state index in [2.05, 4.69) is 10.2 Å². The van der Waals surface area contributed by atoms with Crippen molar-refractivity contribution in [1.29, 1.82) is 0 Å². The molecule has 0 aliphatic rings. The van der Waals surface area contributed by atoms with Gasteiger partial charge < -0.3 is 5.11 Å². The summed E-state index contributed by atoms with van der Waals surface area (Å²) in [5.74, 6) is -0.867. The molecule has 152 valence electrons. The predicted octanol–water partition coefficient (Wildman–Crippen LogP) is 4.42. The van der Waals surface area contributed by atoms with Crippen LogP contribution in [0.15, 0.2) is 62.5 Å². The van der Waals surface area contributed by atoms with E-state index in [1.165, 1.54) is 18.2 Å². The van der Waals surface area contributed by atoms with E-state index >= 15 is 0 Å². The van der Waals surface area contributed by atoms with Crippen LogP contribution in [0.1, 0.15) is 5.56 Å². The fourth-order valence-electron chi connectivity index (χ4n) is 2.63. The van der Waals surface area contributed by atoms with Crippen LogP contribution in [0.2, 0.25) is 5.02 Å². The quantitative estimate of drug-likeness (QED) is 0.387. The Hall–Kier alpha value is -2.57. The first-order valence-corrected chi connectivity index (χ1v) is 11.1. The number of phenolic OH excluding ortho intramolecular Hbond substituents is 1. The van der Waals surface area contributed by atoms with Crippen LogP contribution < -0.4 is 0 Å². The summed E-state index contributed by atoms with van der Waals surface area (Å²) in [4.78, 5) is -1.40. The second-order valence-electron chi connectivity index (χ2n) is 6.01. The van der Waals surface area contributed by atoms with Crippen LogP contribution >= 0.6 is 11.6 Å². The van der Waals surface area contributed by atoms with Crippen LogP contribution in [0, 0.1) is 6.92 Å². The van der Waals surface area contributed by atoms with Crippen LogP contribution in [0.25, 0.3) is 10.8 Å². The van der Waals surface area contributed by atoms with Crippen LogP contribution in [0.5, 0.6) is 5.75 Å². The van der Waals surface area contributed by atoms with Gasteiger partial charge in [0.2, 0.25) is 0 Å². The molecule has 0 unspecified atom stereocenters. The Kier molecular flexibility index (Phi) is 5.36. The largest absolute Gasteiger partial charge is 0.504 e. The number of aryl methyl sites for hydroxylation is 1. The molecule has 3 aromatic carbocycles. The first kappa shape index (κ1) is 21.1. The average Bonchev–Trinajstić information content (AvgIpc) is 2.61. The third-order valence-corrected chi connectivity index (χ3v) is 6.17. The van der Waals surface area contributed by atoms with Crippen molar-refractivity contribution in [3.05, 3.63) is 53.1 Å². The van der Waals surface area contributed by atoms with Crippen LogP contribution in [-0.2, 0) is 20.2 Å². The smallest absolute Gasteiger partial charge is 0.298 e. The lowest BCUT2D eigenvalue weighted by Gasteiger charge is -2.09. The van der Waals surface area contributed by atoms with E-state index in [0.29, 0.717) is 16.3 Å². The molecule has 0 atom stereocenters.